The second-order valence-corrected chi connectivity index (χ2v) is 8.49. The summed E-state index contributed by atoms with van der Waals surface area (Å²) in [4.78, 5) is 14.5. The Kier molecular flexibility index (Phi) is 6.78. The van der Waals surface area contributed by atoms with Crippen LogP contribution in [0.5, 0.6) is 0 Å². The maximum atomic E-state index is 12.2. The molecule has 5 heteroatoms. The van der Waals surface area contributed by atoms with Crippen molar-refractivity contribution in [1.29, 1.82) is 0 Å². The van der Waals surface area contributed by atoms with Gasteiger partial charge in [-0.05, 0) is 43.5 Å². The highest BCUT2D eigenvalue weighted by Gasteiger charge is 2.21. The van der Waals surface area contributed by atoms with Gasteiger partial charge in [0.15, 0.2) is 0 Å². The summed E-state index contributed by atoms with van der Waals surface area (Å²) in [6, 6.07) is 8.35. The fourth-order valence-electron chi connectivity index (χ4n) is 2.85. The topological polar surface area (TPSA) is 49.4 Å². The average molecular weight is 337 g/mol. The minimum Gasteiger partial charge on any atom is -0.352 e. The number of hydrogen-bond acceptors (Lipinski definition) is 3. The highest BCUT2D eigenvalue weighted by molar-refractivity contribution is 7.85. The minimum absolute atomic E-state index is 0.00346. The molecule has 1 N–H and O–H groups in total. The summed E-state index contributed by atoms with van der Waals surface area (Å²) in [5, 5.41) is 2.96. The highest BCUT2D eigenvalue weighted by Crippen LogP contribution is 2.17. The SMILES string of the molecule is CC(C)CNC(=O)c1cccc(CN(C)C2CCS(=O)CC2)c1. The fraction of sp³-hybridized carbons (Fsp3) is 0.611. The van der Waals surface area contributed by atoms with Gasteiger partial charge in [-0.25, -0.2) is 0 Å². The second kappa shape index (κ2) is 8.60. The van der Waals surface area contributed by atoms with E-state index in [0.29, 0.717) is 18.5 Å². The third kappa shape index (κ3) is 5.74. The van der Waals surface area contributed by atoms with Crippen LogP contribution in [0.1, 0.15) is 42.6 Å². The summed E-state index contributed by atoms with van der Waals surface area (Å²) < 4.78 is 11.5. The summed E-state index contributed by atoms with van der Waals surface area (Å²) >= 11 is 0. The third-order valence-corrected chi connectivity index (χ3v) is 5.65. The van der Waals surface area contributed by atoms with E-state index in [2.05, 4.69) is 37.2 Å². The standard InChI is InChI=1S/C18H28N2O2S/c1-14(2)12-19-18(21)16-6-4-5-15(11-16)13-20(3)17-7-9-23(22)10-8-17/h4-6,11,14,17H,7-10,12-13H2,1-3H3,(H,19,21). The Morgan fingerprint density at radius 3 is 2.70 bits per heavy atom. The molecule has 0 aliphatic carbocycles. The first-order valence-corrected chi connectivity index (χ1v) is 9.87. The van der Waals surface area contributed by atoms with Gasteiger partial charge in [0.1, 0.15) is 0 Å². The van der Waals surface area contributed by atoms with E-state index in [1.54, 1.807) is 0 Å². The van der Waals surface area contributed by atoms with Crippen molar-refractivity contribution in [3.8, 4) is 0 Å². The lowest BCUT2D eigenvalue weighted by Gasteiger charge is -2.31. The van der Waals surface area contributed by atoms with Crippen molar-refractivity contribution in [3.05, 3.63) is 35.4 Å². The Balaban J connectivity index is 1.94. The molecule has 1 aromatic carbocycles. The number of nitrogens with one attached hydrogen (secondary N) is 1. The van der Waals surface area contributed by atoms with Gasteiger partial charge < -0.3 is 5.32 Å². The average Bonchev–Trinajstić information content (AvgIpc) is 2.53. The lowest BCUT2D eigenvalue weighted by Crippen LogP contribution is -2.37. The van der Waals surface area contributed by atoms with Gasteiger partial charge in [0.2, 0.25) is 0 Å². The van der Waals surface area contributed by atoms with Crippen LogP contribution in [-0.2, 0) is 17.3 Å². The van der Waals surface area contributed by atoms with Crippen molar-refractivity contribution in [3.63, 3.8) is 0 Å². The lowest BCUT2D eigenvalue weighted by atomic mass is 10.1. The Morgan fingerprint density at radius 1 is 1.35 bits per heavy atom. The first kappa shape index (κ1) is 18.1. The summed E-state index contributed by atoms with van der Waals surface area (Å²) in [5.74, 6) is 2.07. The second-order valence-electron chi connectivity index (χ2n) is 6.80. The lowest BCUT2D eigenvalue weighted by molar-refractivity contribution is 0.0948. The molecule has 0 aromatic heterocycles. The Labute approximate surface area is 142 Å². The zero-order chi connectivity index (χ0) is 16.8. The smallest absolute Gasteiger partial charge is 0.251 e. The normalized spacial score (nSPS) is 21.6. The number of benzene rings is 1. The molecule has 23 heavy (non-hydrogen) atoms. The molecule has 1 amide bonds. The van der Waals surface area contributed by atoms with Gasteiger partial charge in [-0.3, -0.25) is 13.9 Å². The molecule has 1 aliphatic heterocycles. The van der Waals surface area contributed by atoms with Crippen molar-refractivity contribution >= 4 is 16.7 Å². The zero-order valence-electron chi connectivity index (χ0n) is 14.4. The number of carbonyl (C=O) groups excluding carboxylic acids is 1. The molecule has 1 aliphatic rings. The monoisotopic (exact) mass is 336 g/mol. The van der Waals surface area contributed by atoms with Crippen LogP contribution in [0.4, 0.5) is 0 Å². The molecular weight excluding hydrogens is 308 g/mol. The Morgan fingerprint density at radius 2 is 2.04 bits per heavy atom. The molecule has 0 spiro atoms. The highest BCUT2D eigenvalue weighted by atomic mass is 32.2. The molecule has 4 nitrogen and oxygen atoms in total. The largest absolute Gasteiger partial charge is 0.352 e. The molecule has 0 unspecified atom stereocenters. The summed E-state index contributed by atoms with van der Waals surface area (Å²) in [7, 11) is 1.50. The zero-order valence-corrected chi connectivity index (χ0v) is 15.2. The van der Waals surface area contributed by atoms with Crippen molar-refractivity contribution < 1.29 is 9.00 Å². The Bertz CT molecular complexity index is 550. The summed E-state index contributed by atoms with van der Waals surface area (Å²) in [5.41, 5.74) is 1.87. The molecule has 0 bridgehead atoms. The van der Waals surface area contributed by atoms with E-state index in [-0.39, 0.29) is 5.91 Å². The third-order valence-electron chi connectivity index (χ3n) is 4.27. The summed E-state index contributed by atoms with van der Waals surface area (Å²) in [6.07, 6.45) is 2.00. The van der Waals surface area contributed by atoms with Crippen LogP contribution in [0.2, 0.25) is 0 Å². The molecule has 128 valence electrons. The van der Waals surface area contributed by atoms with Gasteiger partial charge in [-0.1, -0.05) is 26.0 Å². The Hall–Kier alpha value is -1.20. The summed E-state index contributed by atoms with van der Waals surface area (Å²) in [6.45, 7) is 5.69. The minimum atomic E-state index is -0.620. The van der Waals surface area contributed by atoms with Gasteiger partial charge in [0, 0.05) is 47.0 Å². The molecule has 2 rings (SSSR count). The molecule has 1 aromatic rings. The van der Waals surface area contributed by atoms with Crippen LogP contribution in [-0.4, -0.2) is 46.2 Å². The van der Waals surface area contributed by atoms with Crippen LogP contribution in [0, 0.1) is 5.92 Å². The van der Waals surface area contributed by atoms with Gasteiger partial charge in [0.25, 0.3) is 5.91 Å². The van der Waals surface area contributed by atoms with E-state index in [4.69, 9.17) is 0 Å². The molecule has 0 saturated carbocycles. The number of carbonyl (C=O) groups is 1. The van der Waals surface area contributed by atoms with E-state index in [1.165, 1.54) is 0 Å². The predicted octanol–water partition coefficient (Wildman–Crippen LogP) is 2.42. The quantitative estimate of drug-likeness (QED) is 0.868. The van der Waals surface area contributed by atoms with Gasteiger partial charge in [-0.2, -0.15) is 0 Å². The maximum Gasteiger partial charge on any atom is 0.251 e. The van der Waals surface area contributed by atoms with Crippen LogP contribution in [0.15, 0.2) is 24.3 Å². The number of rotatable bonds is 6. The van der Waals surface area contributed by atoms with Gasteiger partial charge in [-0.15, -0.1) is 0 Å². The van der Waals surface area contributed by atoms with Crippen molar-refractivity contribution in [2.45, 2.75) is 39.3 Å². The van der Waals surface area contributed by atoms with Gasteiger partial charge in [0.05, 0.1) is 0 Å². The van der Waals surface area contributed by atoms with Crippen LogP contribution < -0.4 is 5.32 Å². The molecule has 0 radical (unpaired) electrons. The predicted molar refractivity (Wildman–Crippen MR) is 96.0 cm³/mol. The fourth-order valence-corrected chi connectivity index (χ4v) is 4.12. The molecule has 1 fully saturated rings. The van der Waals surface area contributed by atoms with E-state index in [0.717, 1.165) is 42.0 Å². The number of hydrogen-bond donors (Lipinski definition) is 1. The first-order valence-electron chi connectivity index (χ1n) is 8.38. The molecule has 1 heterocycles. The van der Waals surface area contributed by atoms with E-state index in [1.807, 2.05) is 18.2 Å². The number of nitrogens with zero attached hydrogens (tertiary/aromatic N) is 1. The van der Waals surface area contributed by atoms with Crippen LogP contribution in [0.25, 0.3) is 0 Å². The number of amides is 1. The van der Waals surface area contributed by atoms with E-state index >= 15 is 0 Å². The van der Waals surface area contributed by atoms with Crippen molar-refractivity contribution in [2.24, 2.45) is 5.92 Å². The first-order chi connectivity index (χ1) is 11.0. The maximum absolute atomic E-state index is 12.2. The van der Waals surface area contributed by atoms with E-state index < -0.39 is 10.8 Å². The van der Waals surface area contributed by atoms with Gasteiger partial charge >= 0.3 is 0 Å². The van der Waals surface area contributed by atoms with Crippen molar-refractivity contribution in [2.75, 3.05) is 25.1 Å². The van der Waals surface area contributed by atoms with Crippen LogP contribution in [0.3, 0.4) is 0 Å². The van der Waals surface area contributed by atoms with Crippen LogP contribution >= 0.6 is 0 Å². The molecule has 0 atom stereocenters. The van der Waals surface area contributed by atoms with Crippen molar-refractivity contribution in [1.82, 2.24) is 10.2 Å². The molecular formula is C18H28N2O2S. The van der Waals surface area contributed by atoms with E-state index in [9.17, 15) is 9.00 Å². The molecule has 1 saturated heterocycles.